The van der Waals surface area contributed by atoms with Crippen molar-refractivity contribution in [3.8, 4) is 0 Å². The number of hydrogen-bond donors (Lipinski definition) is 3. The summed E-state index contributed by atoms with van der Waals surface area (Å²) in [5.41, 5.74) is 0. The number of alkyl halides is 2. The van der Waals surface area contributed by atoms with Crippen molar-refractivity contribution in [3.05, 3.63) is 0 Å². The van der Waals surface area contributed by atoms with E-state index < -0.39 is 30.2 Å². The minimum atomic E-state index is -3.39. The minimum Gasteiger partial charge on any atom is -0.390 e. The summed E-state index contributed by atoms with van der Waals surface area (Å²) in [5.74, 6) is -4.79. The Morgan fingerprint density at radius 3 is 1.64 bits per heavy atom. The van der Waals surface area contributed by atoms with Gasteiger partial charge in [0.05, 0.1) is 12.0 Å². The third-order valence-corrected chi connectivity index (χ3v) is 2.19. The predicted molar refractivity (Wildman–Crippen MR) is 32.1 cm³/mol. The Hall–Kier alpha value is -0.260. The van der Waals surface area contributed by atoms with Crippen LogP contribution in [0.3, 0.4) is 0 Å². The second kappa shape index (κ2) is 2.36. The molecule has 1 fully saturated rings. The van der Waals surface area contributed by atoms with Crippen molar-refractivity contribution in [1.29, 1.82) is 0 Å². The first-order valence-corrected chi connectivity index (χ1v) is 3.31. The molecule has 0 amide bonds. The van der Waals surface area contributed by atoms with Crippen molar-refractivity contribution >= 4 is 0 Å². The van der Waals surface area contributed by atoms with Crippen molar-refractivity contribution in [2.24, 2.45) is 5.92 Å². The number of halogens is 2. The van der Waals surface area contributed by atoms with Gasteiger partial charge in [-0.25, -0.2) is 8.78 Å². The van der Waals surface area contributed by atoms with Crippen LogP contribution in [0.4, 0.5) is 8.78 Å². The fourth-order valence-corrected chi connectivity index (χ4v) is 1.21. The molecule has 0 aromatic rings. The zero-order valence-electron chi connectivity index (χ0n) is 5.91. The summed E-state index contributed by atoms with van der Waals surface area (Å²) < 4.78 is 25.3. The SMILES string of the molecule is CC1C(O)C(O)C(O)C1(F)F. The Morgan fingerprint density at radius 2 is 1.55 bits per heavy atom. The number of hydrogen-bond acceptors (Lipinski definition) is 3. The molecule has 0 aromatic heterocycles. The first-order chi connectivity index (χ1) is 4.89. The molecule has 11 heavy (non-hydrogen) atoms. The maximum atomic E-state index is 12.7. The topological polar surface area (TPSA) is 60.7 Å². The van der Waals surface area contributed by atoms with E-state index in [1.54, 1.807) is 0 Å². The van der Waals surface area contributed by atoms with Crippen molar-refractivity contribution in [2.45, 2.75) is 31.2 Å². The second-order valence-corrected chi connectivity index (χ2v) is 2.89. The van der Waals surface area contributed by atoms with Crippen molar-refractivity contribution in [2.75, 3.05) is 0 Å². The van der Waals surface area contributed by atoms with Crippen LogP contribution in [0.15, 0.2) is 0 Å². The standard InChI is InChI=1S/C6H10F2O3/c1-2-3(9)4(10)5(11)6(2,7)8/h2-5,9-11H,1H3. The van der Waals surface area contributed by atoms with Gasteiger partial charge < -0.3 is 15.3 Å². The fourth-order valence-electron chi connectivity index (χ4n) is 1.21. The van der Waals surface area contributed by atoms with Gasteiger partial charge in [0.2, 0.25) is 0 Å². The second-order valence-electron chi connectivity index (χ2n) is 2.89. The van der Waals surface area contributed by atoms with Gasteiger partial charge in [0.15, 0.2) is 0 Å². The Labute approximate surface area is 62.3 Å². The Morgan fingerprint density at radius 1 is 1.09 bits per heavy atom. The average molecular weight is 168 g/mol. The maximum absolute atomic E-state index is 12.7. The summed E-state index contributed by atoms with van der Waals surface area (Å²) >= 11 is 0. The zero-order valence-corrected chi connectivity index (χ0v) is 5.91. The molecule has 4 atom stereocenters. The summed E-state index contributed by atoms with van der Waals surface area (Å²) in [7, 11) is 0. The molecule has 1 aliphatic carbocycles. The van der Waals surface area contributed by atoms with Gasteiger partial charge in [0.1, 0.15) is 12.2 Å². The smallest absolute Gasteiger partial charge is 0.281 e. The molecule has 0 heterocycles. The van der Waals surface area contributed by atoms with Crippen LogP contribution in [0.1, 0.15) is 6.92 Å². The molecule has 1 saturated carbocycles. The molecule has 0 aromatic carbocycles. The van der Waals surface area contributed by atoms with Gasteiger partial charge in [-0.3, -0.25) is 0 Å². The normalized spacial score (nSPS) is 49.6. The Balaban J connectivity index is 2.87. The van der Waals surface area contributed by atoms with Crippen molar-refractivity contribution in [3.63, 3.8) is 0 Å². The van der Waals surface area contributed by atoms with Gasteiger partial charge in [-0.2, -0.15) is 0 Å². The molecular weight excluding hydrogens is 158 g/mol. The van der Waals surface area contributed by atoms with Gasteiger partial charge in [0, 0.05) is 0 Å². The molecule has 0 bridgehead atoms. The molecule has 0 radical (unpaired) electrons. The van der Waals surface area contributed by atoms with E-state index in [4.69, 9.17) is 15.3 Å². The van der Waals surface area contributed by atoms with Crippen LogP contribution in [0.5, 0.6) is 0 Å². The van der Waals surface area contributed by atoms with E-state index in [0.29, 0.717) is 0 Å². The van der Waals surface area contributed by atoms with Crippen molar-refractivity contribution in [1.82, 2.24) is 0 Å². The van der Waals surface area contributed by atoms with E-state index in [-0.39, 0.29) is 0 Å². The molecule has 3 N–H and O–H groups in total. The third-order valence-electron chi connectivity index (χ3n) is 2.19. The zero-order chi connectivity index (χ0) is 8.81. The molecule has 0 saturated heterocycles. The van der Waals surface area contributed by atoms with Crippen LogP contribution in [0.25, 0.3) is 0 Å². The van der Waals surface area contributed by atoms with E-state index in [9.17, 15) is 8.78 Å². The molecule has 1 aliphatic rings. The van der Waals surface area contributed by atoms with Gasteiger partial charge in [-0.05, 0) is 0 Å². The maximum Gasteiger partial charge on any atom is 0.281 e. The molecule has 3 nitrogen and oxygen atoms in total. The van der Waals surface area contributed by atoms with Crippen LogP contribution in [-0.4, -0.2) is 39.6 Å². The monoisotopic (exact) mass is 168 g/mol. The molecule has 66 valence electrons. The lowest BCUT2D eigenvalue weighted by Crippen LogP contribution is -2.36. The summed E-state index contributed by atoms with van der Waals surface area (Å²) in [6, 6.07) is 0. The molecule has 0 spiro atoms. The van der Waals surface area contributed by atoms with Crippen LogP contribution < -0.4 is 0 Å². The molecular formula is C6H10F2O3. The molecule has 5 heteroatoms. The molecule has 1 rings (SSSR count). The number of aliphatic hydroxyl groups excluding tert-OH is 3. The van der Waals surface area contributed by atoms with E-state index in [2.05, 4.69) is 0 Å². The first kappa shape index (κ1) is 8.83. The predicted octanol–water partition coefficient (Wildman–Crippen LogP) is -0.646. The molecule has 4 unspecified atom stereocenters. The summed E-state index contributed by atoms with van der Waals surface area (Å²) in [6.45, 7) is 1.09. The highest BCUT2D eigenvalue weighted by Crippen LogP contribution is 2.40. The van der Waals surface area contributed by atoms with Gasteiger partial charge in [-0.1, -0.05) is 6.92 Å². The van der Waals surface area contributed by atoms with Crippen LogP contribution in [-0.2, 0) is 0 Å². The minimum absolute atomic E-state index is 1.09. The van der Waals surface area contributed by atoms with Crippen LogP contribution in [0, 0.1) is 5.92 Å². The Bertz CT molecular complexity index is 146. The highest BCUT2D eigenvalue weighted by atomic mass is 19.3. The summed E-state index contributed by atoms with van der Waals surface area (Å²) in [6.07, 6.45) is -5.42. The Kier molecular flexibility index (Phi) is 1.90. The average Bonchev–Trinajstić information content (AvgIpc) is 2.06. The van der Waals surface area contributed by atoms with E-state index in [1.807, 2.05) is 0 Å². The summed E-state index contributed by atoms with van der Waals surface area (Å²) in [5, 5.41) is 26.4. The lowest BCUT2D eigenvalue weighted by atomic mass is 10.1. The number of aliphatic hydroxyl groups is 3. The van der Waals surface area contributed by atoms with Gasteiger partial charge in [0.25, 0.3) is 5.92 Å². The highest BCUT2D eigenvalue weighted by Gasteiger charge is 2.59. The lowest BCUT2D eigenvalue weighted by Gasteiger charge is -2.17. The largest absolute Gasteiger partial charge is 0.390 e. The van der Waals surface area contributed by atoms with Gasteiger partial charge >= 0.3 is 0 Å². The van der Waals surface area contributed by atoms with E-state index in [1.165, 1.54) is 0 Å². The third kappa shape index (κ3) is 1.04. The van der Waals surface area contributed by atoms with E-state index >= 15 is 0 Å². The number of rotatable bonds is 0. The summed E-state index contributed by atoms with van der Waals surface area (Å²) in [4.78, 5) is 0. The first-order valence-electron chi connectivity index (χ1n) is 3.31. The van der Waals surface area contributed by atoms with Crippen molar-refractivity contribution < 1.29 is 24.1 Å². The fraction of sp³-hybridized carbons (Fsp3) is 1.00. The van der Waals surface area contributed by atoms with E-state index in [0.717, 1.165) is 6.92 Å². The molecule has 0 aliphatic heterocycles. The quantitative estimate of drug-likeness (QED) is 0.450. The van der Waals surface area contributed by atoms with Gasteiger partial charge in [-0.15, -0.1) is 0 Å². The van der Waals surface area contributed by atoms with Crippen LogP contribution >= 0.6 is 0 Å². The van der Waals surface area contributed by atoms with Crippen LogP contribution in [0.2, 0.25) is 0 Å². The lowest BCUT2D eigenvalue weighted by molar-refractivity contribution is -0.130. The highest BCUT2D eigenvalue weighted by molar-refractivity contribution is 5.01.